The van der Waals surface area contributed by atoms with Crippen molar-refractivity contribution in [1.82, 2.24) is 15.1 Å². The molecule has 1 aliphatic heterocycles. The highest BCUT2D eigenvalue weighted by atomic mass is 16.6. The van der Waals surface area contributed by atoms with Crippen LogP contribution in [0.2, 0.25) is 0 Å². The Bertz CT molecular complexity index is 1580. The van der Waals surface area contributed by atoms with Gasteiger partial charge in [-0.25, -0.2) is 4.79 Å². The van der Waals surface area contributed by atoms with Crippen LogP contribution in [0.1, 0.15) is 71.6 Å². The van der Waals surface area contributed by atoms with Crippen molar-refractivity contribution in [2.45, 2.75) is 78.5 Å². The van der Waals surface area contributed by atoms with Crippen LogP contribution in [0, 0.1) is 5.92 Å². The summed E-state index contributed by atoms with van der Waals surface area (Å²) in [5.41, 5.74) is 2.35. The molecule has 2 N–H and O–H groups in total. The summed E-state index contributed by atoms with van der Waals surface area (Å²) in [7, 11) is 4.65. The summed E-state index contributed by atoms with van der Waals surface area (Å²) in [4.78, 5) is 56.2. The van der Waals surface area contributed by atoms with Gasteiger partial charge in [0.2, 0.25) is 23.0 Å². The fourth-order valence-corrected chi connectivity index (χ4v) is 6.31. The van der Waals surface area contributed by atoms with Gasteiger partial charge < -0.3 is 39.4 Å². The predicted octanol–water partition coefficient (Wildman–Crippen LogP) is 4.77. The van der Waals surface area contributed by atoms with Crippen LogP contribution in [0.5, 0.6) is 17.2 Å². The second kappa shape index (κ2) is 15.2. The highest BCUT2D eigenvalue weighted by Gasteiger charge is 2.34. The summed E-state index contributed by atoms with van der Waals surface area (Å²) in [6.07, 6.45) is 1.42. The lowest BCUT2D eigenvalue weighted by atomic mass is 9.95. The minimum absolute atomic E-state index is 0.103. The van der Waals surface area contributed by atoms with Gasteiger partial charge in [-0.15, -0.1) is 0 Å². The number of hydrogen-bond donors (Lipinski definition) is 2. The largest absolute Gasteiger partial charge is 0.493 e. The summed E-state index contributed by atoms with van der Waals surface area (Å²) in [6.45, 7) is 12.3. The Morgan fingerprint density at radius 1 is 0.958 bits per heavy atom. The molecule has 0 radical (unpaired) electrons. The lowest BCUT2D eigenvalue weighted by Gasteiger charge is -2.38. The van der Waals surface area contributed by atoms with E-state index in [0.717, 1.165) is 11.1 Å². The van der Waals surface area contributed by atoms with Crippen molar-refractivity contribution < 1.29 is 33.3 Å². The molecule has 1 heterocycles. The van der Waals surface area contributed by atoms with Crippen LogP contribution in [-0.4, -0.2) is 86.9 Å². The maximum Gasteiger partial charge on any atom is 0.410 e. The Morgan fingerprint density at radius 2 is 1.60 bits per heavy atom. The minimum Gasteiger partial charge on any atom is -0.493 e. The zero-order valence-corrected chi connectivity index (χ0v) is 29.7. The molecule has 1 fully saturated rings. The third-order valence-electron chi connectivity index (χ3n) is 8.95. The monoisotopic (exact) mass is 666 g/mol. The number of nitrogens with one attached hydrogen (secondary N) is 2. The number of carbonyl (C=O) groups is 3. The Morgan fingerprint density at radius 3 is 2.17 bits per heavy atom. The lowest BCUT2D eigenvalue weighted by molar-refractivity contribution is -0.134. The van der Waals surface area contributed by atoms with E-state index in [4.69, 9.17) is 18.9 Å². The molecule has 0 spiro atoms. The van der Waals surface area contributed by atoms with Crippen LogP contribution >= 0.6 is 0 Å². The van der Waals surface area contributed by atoms with Gasteiger partial charge in [-0.1, -0.05) is 26.3 Å². The van der Waals surface area contributed by atoms with Crippen molar-refractivity contribution in [2.75, 3.05) is 52.8 Å². The van der Waals surface area contributed by atoms with E-state index in [1.165, 1.54) is 14.0 Å². The van der Waals surface area contributed by atoms with E-state index in [1.807, 2.05) is 46.8 Å². The second-order valence-electron chi connectivity index (χ2n) is 13.4. The van der Waals surface area contributed by atoms with Crippen LogP contribution in [0.25, 0.3) is 11.1 Å². The van der Waals surface area contributed by atoms with Crippen molar-refractivity contribution in [3.8, 4) is 28.4 Å². The second-order valence-corrected chi connectivity index (χ2v) is 13.4. The van der Waals surface area contributed by atoms with Crippen LogP contribution in [-0.2, 0) is 20.7 Å². The van der Waals surface area contributed by atoms with Crippen molar-refractivity contribution in [1.29, 1.82) is 0 Å². The van der Waals surface area contributed by atoms with Crippen molar-refractivity contribution in [3.63, 3.8) is 0 Å². The number of benzene rings is 1. The smallest absolute Gasteiger partial charge is 0.410 e. The molecule has 262 valence electrons. The molecule has 12 heteroatoms. The average molecular weight is 667 g/mol. The molecule has 48 heavy (non-hydrogen) atoms. The fraction of sp³-hybridized carbons (Fsp3) is 0.556. The van der Waals surface area contributed by atoms with Gasteiger partial charge in [0.15, 0.2) is 11.5 Å². The van der Waals surface area contributed by atoms with E-state index >= 15 is 0 Å². The zero-order chi connectivity index (χ0) is 35.3. The first-order valence-electron chi connectivity index (χ1n) is 16.5. The first kappa shape index (κ1) is 36.4. The number of rotatable bonds is 9. The third-order valence-corrected chi connectivity index (χ3v) is 8.95. The number of nitrogens with zero attached hydrogens (tertiary/aromatic N) is 2. The molecule has 0 unspecified atom stereocenters. The van der Waals surface area contributed by atoms with Crippen LogP contribution in [0.3, 0.4) is 0 Å². The van der Waals surface area contributed by atoms with E-state index in [1.54, 1.807) is 36.2 Å². The Kier molecular flexibility index (Phi) is 11.5. The molecule has 0 saturated carbocycles. The first-order valence-corrected chi connectivity index (χ1v) is 16.5. The fourth-order valence-electron chi connectivity index (χ4n) is 6.31. The van der Waals surface area contributed by atoms with E-state index < -0.39 is 23.8 Å². The van der Waals surface area contributed by atoms with Gasteiger partial charge in [0, 0.05) is 38.7 Å². The summed E-state index contributed by atoms with van der Waals surface area (Å²) in [6, 6.07) is 5.84. The maximum absolute atomic E-state index is 14.0. The standard InChI is InChI=1S/C36H50N4O8/c1-10-21(2)31(34(43)39-15-17-40(18-16-39)35(44)48-36(4,5)6)38-27-14-12-24-25(20-28(27)42)26(37-22(3)41)13-11-23-19-29(45-7)32(46-8)33(47-9)30(23)24/h12,14,19-21,26,31H,10-11,13,15-18H2,1-9H3,(H,37,41)(H,38,42)/t21-,26-,31-/m0/s1. The maximum atomic E-state index is 14.0. The Hall–Kier alpha value is -4.48. The van der Waals surface area contributed by atoms with E-state index in [2.05, 4.69) is 10.6 Å². The number of amides is 3. The molecule has 1 aliphatic carbocycles. The highest BCUT2D eigenvalue weighted by Crippen LogP contribution is 2.50. The predicted molar refractivity (Wildman–Crippen MR) is 184 cm³/mol. The van der Waals surface area contributed by atoms with Gasteiger partial charge in [-0.2, -0.15) is 0 Å². The average Bonchev–Trinajstić information content (AvgIpc) is 3.29. The molecular formula is C36H50N4O8. The number of anilines is 1. The van der Waals surface area contributed by atoms with Crippen LogP contribution < -0.4 is 30.3 Å². The SMILES string of the molecule is CC[C@H](C)[C@H](Nc1ccc2c(cc1=O)[C@@H](NC(C)=O)CCc1cc(OC)c(OC)c(OC)c1-2)C(=O)N1CCN(C(=O)OC(C)(C)C)CC1. The number of ether oxygens (including phenoxy) is 4. The van der Waals surface area contributed by atoms with Gasteiger partial charge in [0.1, 0.15) is 11.6 Å². The molecule has 3 amide bonds. The molecule has 2 aliphatic rings. The molecule has 3 atom stereocenters. The van der Waals surface area contributed by atoms with E-state index in [-0.39, 0.29) is 28.8 Å². The third kappa shape index (κ3) is 7.96. The molecule has 1 saturated heterocycles. The van der Waals surface area contributed by atoms with E-state index in [0.29, 0.717) is 73.8 Å². The van der Waals surface area contributed by atoms with Crippen LogP contribution in [0.4, 0.5) is 10.5 Å². The molecular weight excluding hydrogens is 616 g/mol. The van der Waals surface area contributed by atoms with Gasteiger partial charge in [-0.3, -0.25) is 14.4 Å². The van der Waals surface area contributed by atoms with Crippen LogP contribution in [0.15, 0.2) is 29.1 Å². The molecule has 0 aromatic heterocycles. The number of methoxy groups -OCH3 is 3. The summed E-state index contributed by atoms with van der Waals surface area (Å²) >= 11 is 0. The molecule has 0 bridgehead atoms. The molecule has 2 aromatic carbocycles. The van der Waals surface area contributed by atoms with Crippen molar-refractivity contribution >= 4 is 23.6 Å². The first-order chi connectivity index (χ1) is 22.7. The topological polar surface area (TPSA) is 136 Å². The number of carbonyl (C=O) groups excluding carboxylic acids is 3. The van der Waals surface area contributed by atoms with Gasteiger partial charge in [-0.05, 0) is 74.4 Å². The lowest BCUT2D eigenvalue weighted by Crippen LogP contribution is -2.55. The molecule has 12 nitrogen and oxygen atoms in total. The van der Waals surface area contributed by atoms with Crippen molar-refractivity contribution in [3.05, 3.63) is 45.6 Å². The van der Waals surface area contributed by atoms with Gasteiger partial charge in [0.05, 0.1) is 33.1 Å². The number of piperazine rings is 1. The van der Waals surface area contributed by atoms with E-state index in [9.17, 15) is 19.2 Å². The normalized spacial score (nSPS) is 17.1. The van der Waals surface area contributed by atoms with Crippen molar-refractivity contribution in [2.24, 2.45) is 5.92 Å². The minimum atomic E-state index is -0.685. The molecule has 4 rings (SSSR count). The number of fused-ring (bicyclic) bond motifs is 3. The van der Waals surface area contributed by atoms with Gasteiger partial charge in [0.25, 0.3) is 0 Å². The number of aryl methyl sites for hydroxylation is 1. The number of hydrogen-bond acceptors (Lipinski definition) is 9. The quantitative estimate of drug-likeness (QED) is 0.388. The summed E-state index contributed by atoms with van der Waals surface area (Å²) in [5, 5.41) is 6.32. The Balaban J connectivity index is 1.73. The zero-order valence-electron chi connectivity index (χ0n) is 29.7. The summed E-state index contributed by atoms with van der Waals surface area (Å²) < 4.78 is 22.7. The highest BCUT2D eigenvalue weighted by molar-refractivity contribution is 5.86. The summed E-state index contributed by atoms with van der Waals surface area (Å²) in [5.74, 6) is 0.939. The molecule has 2 aromatic rings. The van der Waals surface area contributed by atoms with Gasteiger partial charge >= 0.3 is 6.09 Å². The Labute approximate surface area is 283 Å².